The number of benzene rings is 4. The van der Waals surface area contributed by atoms with Crippen LogP contribution in [0.2, 0.25) is 5.02 Å². The zero-order chi connectivity index (χ0) is 24.9. The van der Waals surface area contributed by atoms with Crippen LogP contribution in [0, 0.1) is 0 Å². The van der Waals surface area contributed by atoms with Crippen LogP contribution in [0.3, 0.4) is 0 Å². The number of nitrogens with zero attached hydrogens (tertiary/aromatic N) is 3. The maximum Gasteiger partial charge on any atom is 0.234 e. The molecule has 0 aliphatic carbocycles. The number of anilines is 1. The molecule has 5 rings (SSSR count). The van der Waals surface area contributed by atoms with E-state index in [-0.39, 0.29) is 11.7 Å². The molecule has 180 valence electrons. The minimum absolute atomic E-state index is 0.0990. The smallest absolute Gasteiger partial charge is 0.234 e. The van der Waals surface area contributed by atoms with Crippen LogP contribution in [0.15, 0.2) is 101 Å². The molecule has 5 aromatic rings. The molecule has 0 spiro atoms. The van der Waals surface area contributed by atoms with Gasteiger partial charge in [0.25, 0.3) is 0 Å². The molecule has 0 saturated heterocycles. The highest BCUT2D eigenvalue weighted by molar-refractivity contribution is 9.10. The lowest BCUT2D eigenvalue weighted by molar-refractivity contribution is -0.113. The summed E-state index contributed by atoms with van der Waals surface area (Å²) in [6.45, 7) is 0.591. The Morgan fingerprint density at radius 3 is 2.36 bits per heavy atom. The summed E-state index contributed by atoms with van der Waals surface area (Å²) in [6.07, 6.45) is 0.652. The number of nitrogens with one attached hydrogen (secondary N) is 1. The van der Waals surface area contributed by atoms with E-state index in [4.69, 9.17) is 11.6 Å². The third-order valence-corrected chi connectivity index (χ3v) is 7.64. The van der Waals surface area contributed by atoms with Crippen molar-refractivity contribution in [3.63, 3.8) is 0 Å². The molecule has 8 heteroatoms. The molecule has 0 radical (unpaired) electrons. The van der Waals surface area contributed by atoms with Gasteiger partial charge in [0.05, 0.1) is 12.3 Å². The fourth-order valence-corrected chi connectivity index (χ4v) is 5.31. The van der Waals surface area contributed by atoms with Crippen LogP contribution in [0.1, 0.15) is 17.0 Å². The van der Waals surface area contributed by atoms with E-state index < -0.39 is 0 Å². The second-order valence-corrected chi connectivity index (χ2v) is 10.5. The van der Waals surface area contributed by atoms with Crippen molar-refractivity contribution in [2.45, 2.75) is 18.1 Å². The minimum atomic E-state index is -0.0990. The van der Waals surface area contributed by atoms with Crippen molar-refractivity contribution in [3.8, 4) is 0 Å². The molecular weight excluding hydrogens is 556 g/mol. The average Bonchev–Trinajstić information content (AvgIpc) is 3.27. The summed E-state index contributed by atoms with van der Waals surface area (Å²) in [5.41, 5.74) is 3.02. The summed E-state index contributed by atoms with van der Waals surface area (Å²) in [4.78, 5) is 12.9. The first kappa shape index (κ1) is 24.6. The number of thioether (sulfide) groups is 1. The highest BCUT2D eigenvalue weighted by atomic mass is 79.9. The first-order chi connectivity index (χ1) is 17.6. The van der Waals surface area contributed by atoms with Gasteiger partial charge in [0.1, 0.15) is 5.82 Å². The second-order valence-electron chi connectivity index (χ2n) is 8.25. The van der Waals surface area contributed by atoms with E-state index in [1.54, 1.807) is 0 Å². The van der Waals surface area contributed by atoms with Crippen LogP contribution < -0.4 is 5.32 Å². The molecule has 0 fully saturated rings. The normalized spacial score (nSPS) is 11.1. The summed E-state index contributed by atoms with van der Waals surface area (Å²) >= 11 is 11.0. The molecule has 0 saturated carbocycles. The first-order valence-corrected chi connectivity index (χ1v) is 13.5. The quantitative estimate of drug-likeness (QED) is 0.198. The molecule has 0 aliphatic heterocycles. The van der Waals surface area contributed by atoms with Crippen molar-refractivity contribution in [1.82, 2.24) is 14.8 Å². The monoisotopic (exact) mass is 576 g/mol. The topological polar surface area (TPSA) is 59.8 Å². The predicted molar refractivity (Wildman–Crippen MR) is 151 cm³/mol. The number of carbonyl (C=O) groups is 1. The Labute approximate surface area is 227 Å². The van der Waals surface area contributed by atoms with Crippen molar-refractivity contribution >= 4 is 61.7 Å². The number of amides is 1. The summed E-state index contributed by atoms with van der Waals surface area (Å²) in [5.74, 6) is 0.963. The Balaban J connectivity index is 1.34. The van der Waals surface area contributed by atoms with Gasteiger partial charge in [-0.25, -0.2) is 0 Å². The van der Waals surface area contributed by atoms with E-state index >= 15 is 0 Å². The molecule has 1 N–H and O–H groups in total. The first-order valence-electron chi connectivity index (χ1n) is 11.4. The van der Waals surface area contributed by atoms with Crippen molar-refractivity contribution in [2.24, 2.45) is 0 Å². The number of halogens is 2. The molecule has 0 atom stereocenters. The standard InChI is InChI=1S/C28H22BrClN4OS/c29-24-14-15-25(23-9-5-4-8-22(23)24)31-27(35)18-36-28-33-32-26(16-19-6-2-1-3-7-19)34(28)17-20-10-12-21(30)13-11-20/h1-15H,16-18H2,(H,31,35). The second kappa shape index (κ2) is 11.3. The lowest BCUT2D eigenvalue weighted by Gasteiger charge is -2.12. The van der Waals surface area contributed by atoms with Gasteiger partial charge < -0.3 is 9.88 Å². The number of hydrogen-bond donors (Lipinski definition) is 1. The fraction of sp³-hybridized carbons (Fsp3) is 0.107. The molecule has 1 aromatic heterocycles. The van der Waals surface area contributed by atoms with Gasteiger partial charge in [0, 0.05) is 27.0 Å². The fourth-order valence-electron chi connectivity index (χ4n) is 3.95. The zero-order valence-corrected chi connectivity index (χ0v) is 22.4. The maximum absolute atomic E-state index is 12.9. The largest absolute Gasteiger partial charge is 0.325 e. The van der Waals surface area contributed by atoms with Gasteiger partial charge in [-0.3, -0.25) is 4.79 Å². The van der Waals surface area contributed by atoms with E-state index in [1.807, 2.05) is 78.9 Å². The number of hydrogen-bond acceptors (Lipinski definition) is 4. The van der Waals surface area contributed by atoms with Gasteiger partial charge in [-0.05, 0) is 40.8 Å². The Morgan fingerprint density at radius 2 is 1.58 bits per heavy atom. The maximum atomic E-state index is 12.9. The summed E-state index contributed by atoms with van der Waals surface area (Å²) < 4.78 is 3.06. The number of fused-ring (bicyclic) bond motifs is 1. The van der Waals surface area contributed by atoms with Crippen LogP contribution in [0.5, 0.6) is 0 Å². The van der Waals surface area contributed by atoms with E-state index in [1.165, 1.54) is 11.8 Å². The molecule has 0 aliphatic rings. The number of carbonyl (C=O) groups excluding carboxylic acids is 1. The Morgan fingerprint density at radius 1 is 0.861 bits per heavy atom. The Hall–Kier alpha value is -3.13. The third-order valence-electron chi connectivity index (χ3n) is 5.73. The van der Waals surface area contributed by atoms with Crippen molar-refractivity contribution in [2.75, 3.05) is 11.1 Å². The Bertz CT molecular complexity index is 1510. The van der Waals surface area contributed by atoms with E-state index in [0.717, 1.165) is 37.9 Å². The third kappa shape index (κ3) is 5.81. The predicted octanol–water partition coefficient (Wildman–Crippen LogP) is 7.22. The van der Waals surface area contributed by atoms with Gasteiger partial charge in [-0.15, -0.1) is 10.2 Å². The number of rotatable bonds is 8. The van der Waals surface area contributed by atoms with Gasteiger partial charge in [0.15, 0.2) is 5.16 Å². The highest BCUT2D eigenvalue weighted by Gasteiger charge is 2.16. The highest BCUT2D eigenvalue weighted by Crippen LogP contribution is 2.30. The number of aromatic nitrogens is 3. The summed E-state index contributed by atoms with van der Waals surface area (Å²) in [6, 6.07) is 29.7. The average molecular weight is 578 g/mol. The van der Waals surface area contributed by atoms with Crippen LogP contribution in [0.25, 0.3) is 10.8 Å². The van der Waals surface area contributed by atoms with Gasteiger partial charge >= 0.3 is 0 Å². The molecule has 5 nitrogen and oxygen atoms in total. The van der Waals surface area contributed by atoms with E-state index in [9.17, 15) is 4.79 Å². The summed E-state index contributed by atoms with van der Waals surface area (Å²) in [5, 5.41) is 15.4. The molecule has 1 heterocycles. The minimum Gasteiger partial charge on any atom is -0.325 e. The molecule has 1 amide bonds. The van der Waals surface area contributed by atoms with E-state index in [2.05, 4.69) is 48.1 Å². The van der Waals surface area contributed by atoms with Crippen molar-refractivity contribution in [3.05, 3.63) is 117 Å². The molecule has 0 unspecified atom stereocenters. The van der Waals surface area contributed by atoms with Gasteiger partial charge in [-0.2, -0.15) is 0 Å². The van der Waals surface area contributed by atoms with Crippen LogP contribution in [-0.2, 0) is 17.8 Å². The van der Waals surface area contributed by atoms with Crippen LogP contribution in [-0.4, -0.2) is 26.4 Å². The molecular formula is C28H22BrClN4OS. The van der Waals surface area contributed by atoms with E-state index in [0.29, 0.717) is 23.1 Å². The Kier molecular flexibility index (Phi) is 7.70. The van der Waals surface area contributed by atoms with Crippen LogP contribution in [0.4, 0.5) is 5.69 Å². The van der Waals surface area contributed by atoms with Crippen molar-refractivity contribution < 1.29 is 4.79 Å². The molecule has 0 bridgehead atoms. The lowest BCUT2D eigenvalue weighted by Crippen LogP contribution is -2.15. The molecule has 36 heavy (non-hydrogen) atoms. The lowest BCUT2D eigenvalue weighted by atomic mass is 10.1. The zero-order valence-electron chi connectivity index (χ0n) is 19.2. The molecule has 4 aromatic carbocycles. The van der Waals surface area contributed by atoms with Crippen molar-refractivity contribution in [1.29, 1.82) is 0 Å². The SMILES string of the molecule is O=C(CSc1nnc(Cc2ccccc2)n1Cc1ccc(Cl)cc1)Nc1ccc(Br)c2ccccc12. The van der Waals surface area contributed by atoms with Gasteiger partial charge in [-0.1, -0.05) is 106 Å². The van der Waals surface area contributed by atoms with Gasteiger partial charge in [0.2, 0.25) is 5.91 Å². The van der Waals surface area contributed by atoms with Crippen LogP contribution >= 0.6 is 39.3 Å². The summed E-state index contributed by atoms with van der Waals surface area (Å²) in [7, 11) is 0.